The normalized spacial score (nSPS) is 10.6. The molecule has 0 saturated heterocycles. The molecule has 0 spiro atoms. The van der Waals surface area contributed by atoms with Gasteiger partial charge in [0.05, 0.1) is 5.52 Å². The SMILES string of the molecule is O=C(Nc1ccncc1)c1ccc(CNc2ncnc3ccc(F)cc23)cc1. The Bertz CT molecular complexity index is 1120. The van der Waals surface area contributed by atoms with Gasteiger partial charge >= 0.3 is 0 Å². The van der Waals surface area contributed by atoms with E-state index in [1.807, 2.05) is 12.1 Å². The molecule has 0 aliphatic carbocycles. The van der Waals surface area contributed by atoms with Crippen molar-refractivity contribution in [1.29, 1.82) is 0 Å². The highest BCUT2D eigenvalue weighted by Gasteiger charge is 2.07. The van der Waals surface area contributed by atoms with Crippen molar-refractivity contribution in [2.45, 2.75) is 6.54 Å². The third kappa shape index (κ3) is 3.93. The number of aromatic nitrogens is 3. The first-order valence-corrected chi connectivity index (χ1v) is 8.63. The van der Waals surface area contributed by atoms with Crippen molar-refractivity contribution in [2.24, 2.45) is 0 Å². The molecule has 0 radical (unpaired) electrons. The van der Waals surface area contributed by atoms with Crippen molar-refractivity contribution >= 4 is 28.3 Å². The van der Waals surface area contributed by atoms with Crippen molar-refractivity contribution in [2.75, 3.05) is 10.6 Å². The fourth-order valence-corrected chi connectivity index (χ4v) is 2.77. The first-order valence-electron chi connectivity index (χ1n) is 8.63. The van der Waals surface area contributed by atoms with Crippen molar-refractivity contribution < 1.29 is 9.18 Å². The maximum atomic E-state index is 13.5. The van der Waals surface area contributed by atoms with Crippen molar-refractivity contribution in [1.82, 2.24) is 15.0 Å². The van der Waals surface area contributed by atoms with Crippen LogP contribution >= 0.6 is 0 Å². The van der Waals surface area contributed by atoms with E-state index in [0.717, 1.165) is 5.56 Å². The minimum absolute atomic E-state index is 0.192. The van der Waals surface area contributed by atoms with Gasteiger partial charge in [-0.3, -0.25) is 9.78 Å². The summed E-state index contributed by atoms with van der Waals surface area (Å²) in [6, 6.07) is 15.1. The molecule has 4 aromatic rings. The van der Waals surface area contributed by atoms with Crippen molar-refractivity contribution in [3.8, 4) is 0 Å². The van der Waals surface area contributed by atoms with E-state index >= 15 is 0 Å². The Morgan fingerprint density at radius 2 is 1.75 bits per heavy atom. The second-order valence-corrected chi connectivity index (χ2v) is 6.12. The summed E-state index contributed by atoms with van der Waals surface area (Å²) in [5, 5.41) is 6.63. The molecular formula is C21H16FN5O. The lowest BCUT2D eigenvalue weighted by molar-refractivity contribution is 0.102. The van der Waals surface area contributed by atoms with Crippen LogP contribution in [0.2, 0.25) is 0 Å². The third-order valence-corrected chi connectivity index (χ3v) is 4.21. The first kappa shape index (κ1) is 17.5. The Hall–Kier alpha value is -3.87. The van der Waals surface area contributed by atoms with Crippen LogP contribution < -0.4 is 10.6 Å². The summed E-state index contributed by atoms with van der Waals surface area (Å²) in [5.41, 5.74) is 2.87. The molecule has 138 valence electrons. The average Bonchev–Trinajstić information content (AvgIpc) is 2.73. The highest BCUT2D eigenvalue weighted by atomic mass is 19.1. The molecule has 2 N–H and O–H groups in total. The molecule has 0 saturated carbocycles. The van der Waals surface area contributed by atoms with E-state index in [0.29, 0.717) is 34.5 Å². The topological polar surface area (TPSA) is 79.8 Å². The maximum Gasteiger partial charge on any atom is 0.255 e. The molecular weight excluding hydrogens is 357 g/mol. The smallest absolute Gasteiger partial charge is 0.255 e. The van der Waals surface area contributed by atoms with Gasteiger partial charge in [0.1, 0.15) is 18.0 Å². The number of amides is 1. The van der Waals surface area contributed by atoms with E-state index in [1.165, 1.54) is 18.5 Å². The van der Waals surface area contributed by atoms with Crippen LogP contribution in [0.4, 0.5) is 15.9 Å². The summed E-state index contributed by atoms with van der Waals surface area (Å²) in [4.78, 5) is 24.5. The van der Waals surface area contributed by atoms with E-state index in [1.54, 1.807) is 42.7 Å². The summed E-state index contributed by atoms with van der Waals surface area (Å²) in [7, 11) is 0. The van der Waals surface area contributed by atoms with Crippen LogP contribution in [0.25, 0.3) is 10.9 Å². The molecule has 2 heterocycles. The largest absolute Gasteiger partial charge is 0.365 e. The first-order chi connectivity index (χ1) is 13.7. The molecule has 0 fully saturated rings. The number of hydrogen-bond acceptors (Lipinski definition) is 5. The number of pyridine rings is 1. The molecule has 7 heteroatoms. The Balaban J connectivity index is 1.44. The zero-order valence-corrected chi connectivity index (χ0v) is 14.8. The lowest BCUT2D eigenvalue weighted by Crippen LogP contribution is -2.12. The molecule has 28 heavy (non-hydrogen) atoms. The summed E-state index contributed by atoms with van der Waals surface area (Å²) >= 11 is 0. The molecule has 2 aromatic heterocycles. The Morgan fingerprint density at radius 3 is 2.54 bits per heavy atom. The monoisotopic (exact) mass is 373 g/mol. The molecule has 4 rings (SSSR count). The van der Waals surface area contributed by atoms with Crippen LogP contribution in [-0.4, -0.2) is 20.9 Å². The van der Waals surface area contributed by atoms with Gasteiger partial charge in [-0.05, 0) is 48.0 Å². The molecule has 0 aliphatic heterocycles. The summed E-state index contributed by atoms with van der Waals surface area (Å²) in [5.74, 6) is 0.0295. The van der Waals surface area contributed by atoms with Gasteiger partial charge in [-0.15, -0.1) is 0 Å². The number of benzene rings is 2. The number of hydrogen-bond donors (Lipinski definition) is 2. The number of carbonyl (C=O) groups excluding carboxylic acids is 1. The minimum atomic E-state index is -0.338. The van der Waals surface area contributed by atoms with Gasteiger partial charge in [0, 0.05) is 35.6 Å². The van der Waals surface area contributed by atoms with Gasteiger partial charge in [0.2, 0.25) is 0 Å². The Labute approximate surface area is 160 Å². The second-order valence-electron chi connectivity index (χ2n) is 6.12. The molecule has 6 nitrogen and oxygen atoms in total. The predicted octanol–water partition coefficient (Wildman–Crippen LogP) is 4.03. The van der Waals surface area contributed by atoms with Crippen LogP contribution in [0.1, 0.15) is 15.9 Å². The van der Waals surface area contributed by atoms with Gasteiger partial charge in [-0.25, -0.2) is 14.4 Å². The molecule has 2 aromatic carbocycles. The van der Waals surface area contributed by atoms with Crippen LogP contribution in [-0.2, 0) is 6.54 Å². The number of rotatable bonds is 5. The number of halogens is 1. The van der Waals surface area contributed by atoms with Crippen molar-refractivity contribution in [3.05, 3.63) is 90.3 Å². The molecule has 0 aliphatic rings. The van der Waals surface area contributed by atoms with Crippen LogP contribution in [0.5, 0.6) is 0 Å². The van der Waals surface area contributed by atoms with Crippen LogP contribution in [0.3, 0.4) is 0 Å². The predicted molar refractivity (Wildman–Crippen MR) is 105 cm³/mol. The van der Waals surface area contributed by atoms with E-state index in [-0.39, 0.29) is 11.7 Å². The zero-order valence-electron chi connectivity index (χ0n) is 14.8. The van der Waals surface area contributed by atoms with Gasteiger partial charge in [0.25, 0.3) is 5.91 Å². The number of fused-ring (bicyclic) bond motifs is 1. The van der Waals surface area contributed by atoms with Crippen LogP contribution in [0.15, 0.2) is 73.3 Å². The molecule has 1 amide bonds. The van der Waals surface area contributed by atoms with E-state index < -0.39 is 0 Å². The molecule has 0 bridgehead atoms. The fourth-order valence-electron chi connectivity index (χ4n) is 2.77. The standard InChI is InChI=1S/C21H16FN5O/c22-16-5-6-19-18(11-16)20(26-13-25-19)24-12-14-1-3-15(4-2-14)21(28)27-17-7-9-23-10-8-17/h1-11,13H,12H2,(H,23,27,28)(H,24,25,26). The fraction of sp³-hybridized carbons (Fsp3) is 0.0476. The lowest BCUT2D eigenvalue weighted by atomic mass is 10.1. The quantitative estimate of drug-likeness (QED) is 0.552. The summed E-state index contributed by atoms with van der Waals surface area (Å²) < 4.78 is 13.5. The Kier molecular flexibility index (Phi) is 4.88. The van der Waals surface area contributed by atoms with Gasteiger partial charge in [-0.1, -0.05) is 12.1 Å². The minimum Gasteiger partial charge on any atom is -0.365 e. The maximum absolute atomic E-state index is 13.5. The highest BCUT2D eigenvalue weighted by molar-refractivity contribution is 6.04. The summed E-state index contributed by atoms with van der Waals surface area (Å²) in [6.07, 6.45) is 4.68. The number of nitrogens with one attached hydrogen (secondary N) is 2. The van der Waals surface area contributed by atoms with Gasteiger partial charge in [-0.2, -0.15) is 0 Å². The van der Waals surface area contributed by atoms with E-state index in [2.05, 4.69) is 25.6 Å². The summed E-state index contributed by atoms with van der Waals surface area (Å²) in [6.45, 7) is 0.481. The highest BCUT2D eigenvalue weighted by Crippen LogP contribution is 2.20. The van der Waals surface area contributed by atoms with E-state index in [4.69, 9.17) is 0 Å². The number of anilines is 2. The average molecular weight is 373 g/mol. The van der Waals surface area contributed by atoms with Crippen molar-refractivity contribution in [3.63, 3.8) is 0 Å². The number of carbonyl (C=O) groups is 1. The van der Waals surface area contributed by atoms with Gasteiger partial charge < -0.3 is 10.6 Å². The zero-order chi connectivity index (χ0) is 19.3. The third-order valence-electron chi connectivity index (χ3n) is 4.21. The number of nitrogens with zero attached hydrogens (tertiary/aromatic N) is 3. The van der Waals surface area contributed by atoms with Gasteiger partial charge in [0.15, 0.2) is 0 Å². The lowest BCUT2D eigenvalue weighted by Gasteiger charge is -2.09. The van der Waals surface area contributed by atoms with E-state index in [9.17, 15) is 9.18 Å². The van der Waals surface area contributed by atoms with Crippen LogP contribution in [0, 0.1) is 5.82 Å². The molecule has 0 unspecified atom stereocenters. The second kappa shape index (κ2) is 7.79. The Morgan fingerprint density at radius 1 is 0.964 bits per heavy atom. The molecule has 0 atom stereocenters.